The molecule has 0 bridgehead atoms. The maximum atomic E-state index is 12.9. The lowest BCUT2D eigenvalue weighted by molar-refractivity contribution is -0.131. The van der Waals surface area contributed by atoms with E-state index in [1.165, 1.54) is 23.3 Å². The number of benzene rings is 2. The molecule has 0 saturated carbocycles. The summed E-state index contributed by atoms with van der Waals surface area (Å²) in [5, 5.41) is 9.29. The maximum Gasteiger partial charge on any atom is 0.264 e. The predicted molar refractivity (Wildman–Crippen MR) is 116 cm³/mol. The summed E-state index contributed by atoms with van der Waals surface area (Å²) in [6.07, 6.45) is 2.02. The number of hydroxylamine groups is 1. The quantitative estimate of drug-likeness (QED) is 0.419. The molecule has 1 unspecified atom stereocenters. The molecule has 0 radical (unpaired) electrons. The molecule has 0 saturated heterocycles. The number of methoxy groups -OCH3 is 1. The van der Waals surface area contributed by atoms with Crippen LogP contribution in [0.15, 0.2) is 53.6 Å². The van der Waals surface area contributed by atoms with E-state index in [9.17, 15) is 18.0 Å². The first-order valence-electron chi connectivity index (χ1n) is 9.38. The normalized spacial score (nSPS) is 13.5. The van der Waals surface area contributed by atoms with Crippen molar-refractivity contribution < 1.29 is 23.2 Å². The molecule has 1 aromatic heterocycles. The minimum absolute atomic E-state index is 0.0704. The van der Waals surface area contributed by atoms with Crippen molar-refractivity contribution in [1.82, 2.24) is 15.0 Å². The van der Waals surface area contributed by atoms with Gasteiger partial charge in [0.05, 0.1) is 24.3 Å². The summed E-state index contributed by atoms with van der Waals surface area (Å²) in [6, 6.07) is 12.7. The second-order valence-electron chi connectivity index (χ2n) is 7.40. The molecule has 10 heteroatoms. The highest BCUT2D eigenvalue weighted by Gasteiger charge is 2.43. The van der Waals surface area contributed by atoms with E-state index in [4.69, 9.17) is 9.94 Å². The summed E-state index contributed by atoms with van der Waals surface area (Å²) in [7, 11) is -2.27. The van der Waals surface area contributed by atoms with Crippen LogP contribution in [0.2, 0.25) is 0 Å². The van der Waals surface area contributed by atoms with Crippen LogP contribution >= 0.6 is 0 Å². The van der Waals surface area contributed by atoms with Gasteiger partial charge in [0, 0.05) is 12.8 Å². The second kappa shape index (κ2) is 8.48. The van der Waals surface area contributed by atoms with Crippen LogP contribution in [-0.2, 0) is 21.2 Å². The Balaban J connectivity index is 1.92. The van der Waals surface area contributed by atoms with Crippen LogP contribution in [0.1, 0.15) is 13.3 Å². The first kappa shape index (κ1) is 22.4. The van der Waals surface area contributed by atoms with Crippen molar-refractivity contribution in [2.24, 2.45) is 0 Å². The Morgan fingerprint density at radius 1 is 1.19 bits per heavy atom. The Hall–Kier alpha value is -3.24. The number of sulfone groups is 1. The number of hydrogen-bond acceptors (Lipinski definition) is 7. The zero-order valence-electron chi connectivity index (χ0n) is 17.3. The van der Waals surface area contributed by atoms with Crippen LogP contribution in [-0.4, -0.2) is 47.2 Å². The topological polar surface area (TPSA) is 128 Å². The molecule has 164 valence electrons. The van der Waals surface area contributed by atoms with Crippen LogP contribution in [0.4, 0.5) is 0 Å². The standard InChI is InChI=1S/C21H23N3O6S/c1-21(20(26)23-27,31(3,28)29)10-11-24-13-22-18-12-15(6-9-17(18)19(24)25)14-4-7-16(30-2)8-5-14/h4-9,12-13,27H,10-11H2,1-3H3,(H,23,26). The molecule has 9 nitrogen and oxygen atoms in total. The van der Waals surface area contributed by atoms with Crippen LogP contribution < -0.4 is 15.8 Å². The van der Waals surface area contributed by atoms with E-state index in [1.54, 1.807) is 25.3 Å². The van der Waals surface area contributed by atoms with Crippen molar-refractivity contribution in [1.29, 1.82) is 0 Å². The highest BCUT2D eigenvalue weighted by atomic mass is 32.2. The molecule has 1 heterocycles. The molecule has 2 aromatic carbocycles. The Morgan fingerprint density at radius 3 is 2.42 bits per heavy atom. The predicted octanol–water partition coefficient (Wildman–Crippen LogP) is 1.77. The summed E-state index contributed by atoms with van der Waals surface area (Å²) >= 11 is 0. The molecule has 2 N–H and O–H groups in total. The van der Waals surface area contributed by atoms with Crippen LogP contribution in [0.25, 0.3) is 22.0 Å². The molecule has 1 atom stereocenters. The third kappa shape index (κ3) is 4.30. The number of carbonyl (C=O) groups is 1. The number of hydrogen-bond donors (Lipinski definition) is 2. The van der Waals surface area contributed by atoms with Crippen molar-refractivity contribution in [3.05, 3.63) is 59.1 Å². The molecule has 0 aliphatic carbocycles. The fourth-order valence-electron chi connectivity index (χ4n) is 3.20. The molecular formula is C21H23N3O6S. The average molecular weight is 445 g/mol. The van der Waals surface area contributed by atoms with Gasteiger partial charge in [-0.1, -0.05) is 18.2 Å². The highest BCUT2D eigenvalue weighted by molar-refractivity contribution is 7.92. The minimum Gasteiger partial charge on any atom is -0.497 e. The number of nitrogens with zero attached hydrogens (tertiary/aromatic N) is 2. The minimum atomic E-state index is -3.86. The van der Waals surface area contributed by atoms with Crippen LogP contribution in [0.5, 0.6) is 5.75 Å². The van der Waals surface area contributed by atoms with Crippen molar-refractivity contribution in [3.63, 3.8) is 0 Å². The van der Waals surface area contributed by atoms with Gasteiger partial charge in [-0.15, -0.1) is 0 Å². The van der Waals surface area contributed by atoms with Gasteiger partial charge in [0.2, 0.25) is 0 Å². The molecule has 1 amide bonds. The third-order valence-corrected chi connectivity index (χ3v) is 7.50. The Labute approximate surface area is 179 Å². The number of carbonyl (C=O) groups excluding carboxylic acids is 1. The van der Waals surface area contributed by atoms with E-state index in [0.29, 0.717) is 10.9 Å². The third-order valence-electron chi connectivity index (χ3n) is 5.48. The smallest absolute Gasteiger partial charge is 0.264 e. The van der Waals surface area contributed by atoms with Gasteiger partial charge in [-0.05, 0) is 48.7 Å². The molecule has 0 aliphatic heterocycles. The van der Waals surface area contributed by atoms with Crippen molar-refractivity contribution >= 4 is 26.6 Å². The molecule has 3 rings (SSSR count). The van der Waals surface area contributed by atoms with Gasteiger partial charge in [0.15, 0.2) is 14.6 Å². The van der Waals surface area contributed by atoms with Gasteiger partial charge < -0.3 is 4.74 Å². The maximum absolute atomic E-state index is 12.9. The van der Waals surface area contributed by atoms with E-state index in [2.05, 4.69) is 4.98 Å². The summed E-state index contributed by atoms with van der Waals surface area (Å²) in [5.74, 6) is -0.317. The molecule has 31 heavy (non-hydrogen) atoms. The van der Waals surface area contributed by atoms with E-state index in [-0.39, 0.29) is 18.5 Å². The van der Waals surface area contributed by atoms with Crippen LogP contribution in [0, 0.1) is 0 Å². The number of aryl methyl sites for hydroxylation is 1. The van der Waals surface area contributed by atoms with Crippen molar-refractivity contribution in [2.45, 2.75) is 24.6 Å². The fraction of sp³-hybridized carbons (Fsp3) is 0.286. The molecule has 0 aliphatic rings. The SMILES string of the molecule is COc1ccc(-c2ccc3c(=O)n(CCC(C)(C(=O)NO)S(C)(=O)=O)cnc3c2)cc1. The number of fused-ring (bicyclic) bond motifs is 1. The lowest BCUT2D eigenvalue weighted by Crippen LogP contribution is -2.50. The lowest BCUT2D eigenvalue weighted by atomic mass is 10.0. The first-order valence-corrected chi connectivity index (χ1v) is 11.3. The van der Waals surface area contributed by atoms with Gasteiger partial charge in [-0.25, -0.2) is 18.9 Å². The van der Waals surface area contributed by atoms with Gasteiger partial charge in [0.25, 0.3) is 11.5 Å². The average Bonchev–Trinajstić information content (AvgIpc) is 2.76. The fourth-order valence-corrected chi connectivity index (χ4v) is 4.04. The number of rotatable bonds is 7. The summed E-state index contributed by atoms with van der Waals surface area (Å²) in [4.78, 5) is 29.2. The Morgan fingerprint density at radius 2 is 1.84 bits per heavy atom. The first-order chi connectivity index (χ1) is 14.6. The van der Waals surface area contributed by atoms with Gasteiger partial charge in [-0.3, -0.25) is 19.4 Å². The van der Waals surface area contributed by atoms with Gasteiger partial charge >= 0.3 is 0 Å². The molecule has 0 spiro atoms. The molecule has 3 aromatic rings. The molecular weight excluding hydrogens is 422 g/mol. The lowest BCUT2D eigenvalue weighted by Gasteiger charge is -2.25. The monoisotopic (exact) mass is 445 g/mol. The zero-order chi connectivity index (χ0) is 22.8. The van der Waals surface area contributed by atoms with E-state index < -0.39 is 20.5 Å². The summed E-state index contributed by atoms with van der Waals surface area (Å²) < 4.78 is 28.7. The van der Waals surface area contributed by atoms with Crippen LogP contribution in [0.3, 0.4) is 0 Å². The van der Waals surface area contributed by atoms with E-state index in [0.717, 1.165) is 23.1 Å². The van der Waals surface area contributed by atoms with E-state index in [1.807, 2.05) is 24.3 Å². The second-order valence-corrected chi connectivity index (χ2v) is 9.84. The number of amides is 1. The van der Waals surface area contributed by atoms with Crippen molar-refractivity contribution in [3.8, 4) is 16.9 Å². The van der Waals surface area contributed by atoms with Gasteiger partial charge in [0.1, 0.15) is 5.75 Å². The largest absolute Gasteiger partial charge is 0.497 e. The molecule has 0 fully saturated rings. The van der Waals surface area contributed by atoms with Gasteiger partial charge in [-0.2, -0.15) is 0 Å². The number of ether oxygens (including phenoxy) is 1. The van der Waals surface area contributed by atoms with E-state index >= 15 is 0 Å². The highest BCUT2D eigenvalue weighted by Crippen LogP contribution is 2.25. The number of aromatic nitrogens is 2. The van der Waals surface area contributed by atoms with Crippen molar-refractivity contribution in [2.75, 3.05) is 13.4 Å². The Kier molecular flexibility index (Phi) is 6.14. The number of nitrogens with one attached hydrogen (secondary N) is 1. The zero-order valence-corrected chi connectivity index (χ0v) is 18.1. The Bertz CT molecular complexity index is 1280. The summed E-state index contributed by atoms with van der Waals surface area (Å²) in [6.45, 7) is 1.13. The summed E-state index contributed by atoms with van der Waals surface area (Å²) in [5.41, 5.74) is 3.35.